The van der Waals surface area contributed by atoms with Crippen molar-refractivity contribution in [1.29, 1.82) is 0 Å². The molecule has 0 amide bonds. The van der Waals surface area contributed by atoms with Crippen LogP contribution >= 0.6 is 11.6 Å². The molecule has 0 saturated carbocycles. The SMILES string of the molecule is CCCNc1c(C(C)C)c(C)nc2c(Cl)ccc(F)c12. The molecule has 0 fully saturated rings. The van der Waals surface area contributed by atoms with Crippen molar-refractivity contribution in [2.45, 2.75) is 40.0 Å². The second-order valence-electron chi connectivity index (χ2n) is 5.32. The molecule has 0 spiro atoms. The molecule has 2 aromatic rings. The van der Waals surface area contributed by atoms with Crippen LogP contribution in [0.3, 0.4) is 0 Å². The van der Waals surface area contributed by atoms with Gasteiger partial charge in [0.2, 0.25) is 0 Å². The first-order valence-electron chi connectivity index (χ1n) is 6.99. The number of aromatic nitrogens is 1. The Hall–Kier alpha value is -1.35. The van der Waals surface area contributed by atoms with Gasteiger partial charge in [-0.3, -0.25) is 4.98 Å². The normalized spacial score (nSPS) is 11.3. The summed E-state index contributed by atoms with van der Waals surface area (Å²) in [5.41, 5.74) is 3.34. The van der Waals surface area contributed by atoms with E-state index in [4.69, 9.17) is 11.6 Å². The van der Waals surface area contributed by atoms with E-state index in [1.54, 1.807) is 6.07 Å². The van der Waals surface area contributed by atoms with Gasteiger partial charge in [0, 0.05) is 12.2 Å². The van der Waals surface area contributed by atoms with Gasteiger partial charge < -0.3 is 5.32 Å². The van der Waals surface area contributed by atoms with Crippen LogP contribution in [-0.4, -0.2) is 11.5 Å². The number of aryl methyl sites for hydroxylation is 1. The van der Waals surface area contributed by atoms with Crippen LogP contribution in [0, 0.1) is 12.7 Å². The molecule has 108 valence electrons. The maximum Gasteiger partial charge on any atom is 0.134 e. The number of fused-ring (bicyclic) bond motifs is 1. The number of halogens is 2. The van der Waals surface area contributed by atoms with Crippen molar-refractivity contribution in [3.05, 3.63) is 34.2 Å². The topological polar surface area (TPSA) is 24.9 Å². The second-order valence-corrected chi connectivity index (χ2v) is 5.73. The van der Waals surface area contributed by atoms with E-state index in [0.717, 1.165) is 29.9 Å². The summed E-state index contributed by atoms with van der Waals surface area (Å²) >= 11 is 6.18. The summed E-state index contributed by atoms with van der Waals surface area (Å²) in [5.74, 6) is -0.0120. The van der Waals surface area contributed by atoms with E-state index in [1.165, 1.54) is 6.07 Å². The predicted molar refractivity (Wildman–Crippen MR) is 84.3 cm³/mol. The molecule has 4 heteroatoms. The molecule has 0 aliphatic carbocycles. The first-order valence-corrected chi connectivity index (χ1v) is 7.37. The van der Waals surface area contributed by atoms with E-state index in [9.17, 15) is 4.39 Å². The maximum absolute atomic E-state index is 14.3. The highest BCUT2D eigenvalue weighted by atomic mass is 35.5. The summed E-state index contributed by atoms with van der Waals surface area (Å²) in [5, 5.41) is 4.34. The van der Waals surface area contributed by atoms with Crippen molar-refractivity contribution < 1.29 is 4.39 Å². The number of hydrogen-bond donors (Lipinski definition) is 1. The minimum Gasteiger partial charge on any atom is -0.384 e. The maximum atomic E-state index is 14.3. The number of benzene rings is 1. The minimum absolute atomic E-state index is 0.268. The monoisotopic (exact) mass is 294 g/mol. The van der Waals surface area contributed by atoms with Gasteiger partial charge in [-0.15, -0.1) is 0 Å². The Morgan fingerprint density at radius 3 is 2.65 bits per heavy atom. The largest absolute Gasteiger partial charge is 0.384 e. The molecule has 1 aromatic carbocycles. The first kappa shape index (κ1) is 15.0. The third-order valence-electron chi connectivity index (χ3n) is 3.40. The predicted octanol–water partition coefficient (Wildman–Crippen LogP) is 5.28. The summed E-state index contributed by atoms with van der Waals surface area (Å²) in [4.78, 5) is 4.51. The van der Waals surface area contributed by atoms with Crippen LogP contribution in [0.2, 0.25) is 5.02 Å². The van der Waals surface area contributed by atoms with Crippen LogP contribution in [0.25, 0.3) is 10.9 Å². The van der Waals surface area contributed by atoms with Gasteiger partial charge in [-0.1, -0.05) is 32.4 Å². The van der Waals surface area contributed by atoms with Crippen LogP contribution in [-0.2, 0) is 0 Å². The van der Waals surface area contributed by atoms with Gasteiger partial charge in [0.1, 0.15) is 5.82 Å². The van der Waals surface area contributed by atoms with Crippen LogP contribution < -0.4 is 5.32 Å². The fourth-order valence-electron chi connectivity index (χ4n) is 2.57. The molecule has 0 aliphatic heterocycles. The minimum atomic E-state index is -0.280. The number of nitrogens with zero attached hydrogens (tertiary/aromatic N) is 1. The van der Waals surface area contributed by atoms with Gasteiger partial charge in [-0.2, -0.15) is 0 Å². The van der Waals surface area contributed by atoms with Gasteiger partial charge in [0.15, 0.2) is 0 Å². The Morgan fingerprint density at radius 1 is 1.35 bits per heavy atom. The zero-order valence-electron chi connectivity index (χ0n) is 12.3. The molecule has 2 nitrogen and oxygen atoms in total. The van der Waals surface area contributed by atoms with E-state index in [0.29, 0.717) is 15.9 Å². The highest BCUT2D eigenvalue weighted by Crippen LogP contribution is 2.37. The van der Waals surface area contributed by atoms with Crippen LogP contribution in [0.1, 0.15) is 44.4 Å². The standard InChI is InChI=1S/C16H20ClFN2/c1-5-8-19-16-13(9(2)3)10(4)20-15-11(17)6-7-12(18)14(15)16/h6-7,9H,5,8H2,1-4H3,(H,19,20). The summed E-state index contributed by atoms with van der Waals surface area (Å²) in [6, 6.07) is 2.97. The summed E-state index contributed by atoms with van der Waals surface area (Å²) in [6.45, 7) is 9.02. The number of anilines is 1. The summed E-state index contributed by atoms with van der Waals surface area (Å²) in [6.07, 6.45) is 0.975. The molecule has 1 heterocycles. The number of pyridine rings is 1. The van der Waals surface area contributed by atoms with E-state index in [1.807, 2.05) is 6.92 Å². The number of rotatable bonds is 4. The van der Waals surface area contributed by atoms with Crippen molar-refractivity contribution in [2.75, 3.05) is 11.9 Å². The van der Waals surface area contributed by atoms with E-state index < -0.39 is 0 Å². The molecule has 1 aromatic heterocycles. The van der Waals surface area contributed by atoms with E-state index in [2.05, 4.69) is 31.1 Å². The lowest BCUT2D eigenvalue weighted by Crippen LogP contribution is -2.09. The van der Waals surface area contributed by atoms with Gasteiger partial charge in [-0.05, 0) is 37.0 Å². The molecule has 2 rings (SSSR count). The zero-order chi connectivity index (χ0) is 14.9. The third kappa shape index (κ3) is 2.59. The van der Waals surface area contributed by atoms with Crippen LogP contribution in [0.4, 0.5) is 10.1 Å². The van der Waals surface area contributed by atoms with Crippen molar-refractivity contribution in [3.63, 3.8) is 0 Å². The van der Waals surface area contributed by atoms with Crippen molar-refractivity contribution >= 4 is 28.2 Å². The fraction of sp³-hybridized carbons (Fsp3) is 0.438. The summed E-state index contributed by atoms with van der Waals surface area (Å²) < 4.78 is 14.3. The molecule has 0 radical (unpaired) electrons. The lowest BCUT2D eigenvalue weighted by atomic mass is 9.96. The molecular weight excluding hydrogens is 275 g/mol. The Balaban J connectivity index is 2.84. The average Bonchev–Trinajstić information content (AvgIpc) is 2.39. The molecule has 20 heavy (non-hydrogen) atoms. The van der Waals surface area contributed by atoms with Gasteiger partial charge in [0.25, 0.3) is 0 Å². The fourth-order valence-corrected chi connectivity index (χ4v) is 2.77. The van der Waals surface area contributed by atoms with Crippen LogP contribution in [0.15, 0.2) is 12.1 Å². The second kappa shape index (κ2) is 5.96. The summed E-state index contributed by atoms with van der Waals surface area (Å²) in [7, 11) is 0. The third-order valence-corrected chi connectivity index (χ3v) is 3.70. The lowest BCUT2D eigenvalue weighted by molar-refractivity contribution is 0.639. The van der Waals surface area contributed by atoms with Gasteiger partial charge >= 0.3 is 0 Å². The van der Waals surface area contributed by atoms with Crippen molar-refractivity contribution in [3.8, 4) is 0 Å². The molecule has 0 aliphatic rings. The van der Waals surface area contributed by atoms with E-state index in [-0.39, 0.29) is 11.7 Å². The quantitative estimate of drug-likeness (QED) is 0.829. The number of nitrogens with one attached hydrogen (secondary N) is 1. The van der Waals surface area contributed by atoms with Crippen molar-refractivity contribution in [1.82, 2.24) is 4.98 Å². The molecule has 1 N–H and O–H groups in total. The molecular formula is C16H20ClFN2. The Bertz CT molecular complexity index is 638. The Kier molecular flexibility index (Phi) is 4.48. The van der Waals surface area contributed by atoms with Crippen LogP contribution in [0.5, 0.6) is 0 Å². The zero-order valence-corrected chi connectivity index (χ0v) is 13.1. The van der Waals surface area contributed by atoms with Crippen molar-refractivity contribution in [2.24, 2.45) is 0 Å². The Morgan fingerprint density at radius 2 is 2.05 bits per heavy atom. The first-order chi connectivity index (χ1) is 9.47. The highest BCUT2D eigenvalue weighted by Gasteiger charge is 2.19. The molecule has 0 bridgehead atoms. The smallest absolute Gasteiger partial charge is 0.134 e. The average molecular weight is 295 g/mol. The Labute approximate surface area is 124 Å². The molecule has 0 unspecified atom stereocenters. The van der Waals surface area contributed by atoms with Gasteiger partial charge in [0.05, 0.1) is 21.6 Å². The van der Waals surface area contributed by atoms with Gasteiger partial charge in [-0.25, -0.2) is 4.39 Å². The van der Waals surface area contributed by atoms with E-state index >= 15 is 0 Å². The molecule has 0 atom stereocenters. The number of hydrogen-bond acceptors (Lipinski definition) is 2. The lowest BCUT2D eigenvalue weighted by Gasteiger charge is -2.20. The highest BCUT2D eigenvalue weighted by molar-refractivity contribution is 6.35. The molecule has 0 saturated heterocycles.